The molecule has 0 radical (unpaired) electrons. The van der Waals surface area contributed by atoms with Crippen LogP contribution in [0.3, 0.4) is 0 Å². The summed E-state index contributed by atoms with van der Waals surface area (Å²) >= 11 is 0. The van der Waals surface area contributed by atoms with E-state index in [-0.39, 0.29) is 0 Å². The predicted molar refractivity (Wildman–Crippen MR) is 113 cm³/mol. The summed E-state index contributed by atoms with van der Waals surface area (Å²) in [5.74, 6) is 0.987. The van der Waals surface area contributed by atoms with Crippen molar-refractivity contribution in [3.63, 3.8) is 0 Å². The van der Waals surface area contributed by atoms with Crippen LogP contribution in [0, 0.1) is 0 Å². The molecule has 0 aromatic carbocycles. The fourth-order valence-corrected chi connectivity index (χ4v) is 5.21. The van der Waals surface area contributed by atoms with Gasteiger partial charge < -0.3 is 20.3 Å². The second kappa shape index (κ2) is 11.3. The van der Waals surface area contributed by atoms with Gasteiger partial charge in [0.25, 0.3) is 0 Å². The number of nitrogens with zero attached hydrogens (tertiary/aromatic N) is 2. The number of nitrogens with one attached hydrogen (secondary N) is 2. The van der Waals surface area contributed by atoms with Crippen molar-refractivity contribution < 1.29 is 4.74 Å². The van der Waals surface area contributed by atoms with Gasteiger partial charge in [-0.2, -0.15) is 0 Å². The van der Waals surface area contributed by atoms with Gasteiger partial charge in [-0.05, 0) is 64.8 Å². The monoisotopic (exact) mass is 378 g/mol. The zero-order chi connectivity index (χ0) is 18.9. The van der Waals surface area contributed by atoms with Crippen LogP contribution in [0.15, 0.2) is 4.99 Å². The minimum absolute atomic E-state index is 0.550. The van der Waals surface area contributed by atoms with E-state index in [9.17, 15) is 0 Å². The molecular weight excluding hydrogens is 336 g/mol. The van der Waals surface area contributed by atoms with E-state index < -0.39 is 0 Å². The Morgan fingerprint density at radius 2 is 1.70 bits per heavy atom. The average Bonchev–Trinajstić information content (AvgIpc) is 2.67. The summed E-state index contributed by atoms with van der Waals surface area (Å²) in [5.41, 5.74) is 0. The first-order chi connectivity index (χ1) is 13.3. The number of unbranched alkanes of at least 4 members (excludes halogenated alkanes) is 2. The summed E-state index contributed by atoms with van der Waals surface area (Å²) in [4.78, 5) is 7.06. The van der Waals surface area contributed by atoms with Gasteiger partial charge in [-0.15, -0.1) is 0 Å². The van der Waals surface area contributed by atoms with Crippen LogP contribution in [-0.2, 0) is 4.74 Å². The first kappa shape index (κ1) is 20.9. The molecule has 2 atom stereocenters. The van der Waals surface area contributed by atoms with E-state index in [1.54, 1.807) is 0 Å². The number of rotatable bonds is 8. The Kier molecular flexibility index (Phi) is 8.72. The minimum Gasteiger partial charge on any atom is -0.378 e. The van der Waals surface area contributed by atoms with Gasteiger partial charge >= 0.3 is 0 Å². The Labute approximate surface area is 166 Å². The van der Waals surface area contributed by atoms with Crippen LogP contribution in [-0.4, -0.2) is 62.3 Å². The van der Waals surface area contributed by atoms with E-state index in [4.69, 9.17) is 4.74 Å². The first-order valence-corrected chi connectivity index (χ1v) is 11.6. The predicted octanol–water partition coefficient (Wildman–Crippen LogP) is 3.69. The molecule has 27 heavy (non-hydrogen) atoms. The molecule has 156 valence electrons. The zero-order valence-electron chi connectivity index (χ0n) is 17.7. The van der Waals surface area contributed by atoms with Crippen molar-refractivity contribution in [1.29, 1.82) is 0 Å². The molecule has 1 aliphatic carbocycles. The fourth-order valence-electron chi connectivity index (χ4n) is 5.21. The number of guanidine groups is 1. The van der Waals surface area contributed by atoms with Crippen molar-refractivity contribution in [2.45, 2.75) is 108 Å². The Morgan fingerprint density at radius 3 is 2.41 bits per heavy atom. The maximum absolute atomic E-state index is 6.02. The summed E-state index contributed by atoms with van der Waals surface area (Å²) in [6, 6.07) is 2.10. The third-order valence-electron chi connectivity index (χ3n) is 6.92. The van der Waals surface area contributed by atoms with E-state index in [0.717, 1.165) is 31.2 Å². The molecule has 2 saturated heterocycles. The van der Waals surface area contributed by atoms with Gasteiger partial charge in [-0.3, -0.25) is 4.99 Å². The Morgan fingerprint density at radius 1 is 0.963 bits per heavy atom. The number of ether oxygens (including phenoxy) is 1. The van der Waals surface area contributed by atoms with Crippen LogP contribution >= 0.6 is 0 Å². The first-order valence-electron chi connectivity index (χ1n) is 11.6. The average molecular weight is 379 g/mol. The largest absolute Gasteiger partial charge is 0.378 e. The van der Waals surface area contributed by atoms with Crippen LogP contribution in [0.1, 0.15) is 83.5 Å². The van der Waals surface area contributed by atoms with Crippen LogP contribution < -0.4 is 10.6 Å². The second-order valence-corrected chi connectivity index (χ2v) is 8.91. The van der Waals surface area contributed by atoms with Crippen molar-refractivity contribution in [2.24, 2.45) is 4.99 Å². The highest BCUT2D eigenvalue weighted by Gasteiger charge is 2.36. The third kappa shape index (κ3) is 6.63. The molecule has 2 N–H and O–H groups in total. The van der Waals surface area contributed by atoms with E-state index in [1.165, 1.54) is 83.5 Å². The molecule has 2 bridgehead atoms. The summed E-state index contributed by atoms with van der Waals surface area (Å²) < 4.78 is 6.02. The molecule has 0 spiro atoms. The number of hydrogen-bond acceptors (Lipinski definition) is 3. The molecule has 1 saturated carbocycles. The van der Waals surface area contributed by atoms with Gasteiger partial charge in [0.05, 0.1) is 6.10 Å². The highest BCUT2D eigenvalue weighted by atomic mass is 16.5. The van der Waals surface area contributed by atoms with E-state index in [1.807, 2.05) is 7.05 Å². The normalized spacial score (nSPS) is 30.3. The highest BCUT2D eigenvalue weighted by molar-refractivity contribution is 5.79. The Balaban J connectivity index is 1.24. The van der Waals surface area contributed by atoms with Crippen molar-refractivity contribution in [3.8, 4) is 0 Å². The minimum atomic E-state index is 0.550. The molecule has 3 fully saturated rings. The van der Waals surface area contributed by atoms with Gasteiger partial charge in [-0.25, -0.2) is 0 Å². The van der Waals surface area contributed by atoms with Gasteiger partial charge in [0, 0.05) is 38.3 Å². The molecular formula is C22H42N4O. The quantitative estimate of drug-likeness (QED) is 0.384. The number of aliphatic imine (C=N–C) groups is 1. The van der Waals surface area contributed by atoms with Crippen LogP contribution in [0.2, 0.25) is 0 Å². The summed E-state index contributed by atoms with van der Waals surface area (Å²) in [5, 5.41) is 7.21. The SMILES string of the molecule is CN=C(NCCCCCOC1CCCCC1)NC1CC2CCCC(C1)N2C. The Bertz CT molecular complexity index is 436. The lowest BCUT2D eigenvalue weighted by Gasteiger charge is -2.47. The standard InChI is InChI=1S/C22H42N4O/c1-23-22(25-18-16-19-10-9-11-20(17-18)26(19)2)24-14-7-4-8-15-27-21-12-5-3-6-13-21/h18-21H,3-17H2,1-2H3,(H2,23,24,25). The van der Waals surface area contributed by atoms with Gasteiger partial charge in [-0.1, -0.05) is 25.7 Å². The van der Waals surface area contributed by atoms with Gasteiger partial charge in [0.15, 0.2) is 5.96 Å². The fraction of sp³-hybridized carbons (Fsp3) is 0.955. The van der Waals surface area contributed by atoms with E-state index in [2.05, 4.69) is 27.6 Å². The van der Waals surface area contributed by atoms with E-state index >= 15 is 0 Å². The molecule has 3 aliphatic rings. The molecule has 0 aromatic rings. The van der Waals surface area contributed by atoms with Crippen molar-refractivity contribution in [1.82, 2.24) is 15.5 Å². The Hall–Kier alpha value is -0.810. The summed E-state index contributed by atoms with van der Waals surface area (Å²) in [6.45, 7) is 1.94. The lowest BCUT2D eigenvalue weighted by atomic mass is 9.82. The maximum Gasteiger partial charge on any atom is 0.191 e. The topological polar surface area (TPSA) is 48.9 Å². The highest BCUT2D eigenvalue weighted by Crippen LogP contribution is 2.32. The van der Waals surface area contributed by atoms with Crippen molar-refractivity contribution in [2.75, 3.05) is 27.2 Å². The van der Waals surface area contributed by atoms with Crippen LogP contribution in [0.5, 0.6) is 0 Å². The van der Waals surface area contributed by atoms with E-state index in [0.29, 0.717) is 12.1 Å². The van der Waals surface area contributed by atoms with Crippen molar-refractivity contribution >= 4 is 5.96 Å². The lowest BCUT2D eigenvalue weighted by Crippen LogP contribution is -2.56. The van der Waals surface area contributed by atoms with Crippen molar-refractivity contribution in [3.05, 3.63) is 0 Å². The molecule has 0 aromatic heterocycles. The third-order valence-corrected chi connectivity index (χ3v) is 6.92. The number of piperidine rings is 2. The number of fused-ring (bicyclic) bond motifs is 2. The molecule has 2 unspecified atom stereocenters. The molecule has 0 amide bonds. The smallest absolute Gasteiger partial charge is 0.191 e. The van der Waals surface area contributed by atoms with Crippen LogP contribution in [0.4, 0.5) is 0 Å². The lowest BCUT2D eigenvalue weighted by molar-refractivity contribution is 0.0264. The molecule has 3 rings (SSSR count). The molecule has 5 heteroatoms. The zero-order valence-corrected chi connectivity index (χ0v) is 17.7. The molecule has 5 nitrogen and oxygen atoms in total. The molecule has 2 heterocycles. The van der Waals surface area contributed by atoms with Gasteiger partial charge in [0.2, 0.25) is 0 Å². The summed E-state index contributed by atoms with van der Waals surface area (Å²) in [6.07, 6.45) is 17.5. The second-order valence-electron chi connectivity index (χ2n) is 8.91. The summed E-state index contributed by atoms with van der Waals surface area (Å²) in [7, 11) is 4.21. The maximum atomic E-state index is 6.02. The molecule has 2 aliphatic heterocycles. The van der Waals surface area contributed by atoms with Gasteiger partial charge in [0.1, 0.15) is 0 Å². The van der Waals surface area contributed by atoms with Crippen LogP contribution in [0.25, 0.3) is 0 Å². The number of hydrogen-bond donors (Lipinski definition) is 2.